The molecule has 132 valence electrons. The minimum atomic E-state index is 0.0701. The quantitative estimate of drug-likeness (QED) is 0.778. The molecule has 2 aliphatic rings. The zero-order valence-corrected chi connectivity index (χ0v) is 15.0. The molecule has 0 aromatic rings. The van der Waals surface area contributed by atoms with Crippen molar-refractivity contribution in [2.75, 3.05) is 32.7 Å². The van der Waals surface area contributed by atoms with Crippen molar-refractivity contribution in [1.29, 1.82) is 0 Å². The van der Waals surface area contributed by atoms with Crippen LogP contribution in [0.1, 0.15) is 52.9 Å². The number of nitrogens with zero attached hydrogens (tertiary/aromatic N) is 2. The molecule has 2 saturated heterocycles. The lowest BCUT2D eigenvalue weighted by Gasteiger charge is -2.39. The van der Waals surface area contributed by atoms with Crippen LogP contribution in [-0.4, -0.2) is 60.4 Å². The van der Waals surface area contributed by atoms with E-state index in [4.69, 9.17) is 0 Å². The molecule has 1 N–H and O–H groups in total. The fourth-order valence-corrected chi connectivity index (χ4v) is 3.63. The number of piperidine rings is 1. The normalized spacial score (nSPS) is 21.9. The maximum absolute atomic E-state index is 12.1. The number of carbonyl (C=O) groups excluding carboxylic acids is 2. The van der Waals surface area contributed by atoms with E-state index in [-0.39, 0.29) is 11.8 Å². The number of hydrogen-bond acceptors (Lipinski definition) is 3. The third-order valence-electron chi connectivity index (χ3n) is 5.35. The van der Waals surface area contributed by atoms with Gasteiger partial charge in [-0.05, 0) is 44.2 Å². The lowest BCUT2D eigenvalue weighted by molar-refractivity contribution is -0.128. The van der Waals surface area contributed by atoms with Crippen LogP contribution in [-0.2, 0) is 9.59 Å². The van der Waals surface area contributed by atoms with Crippen molar-refractivity contribution >= 4 is 11.8 Å². The van der Waals surface area contributed by atoms with E-state index in [0.29, 0.717) is 31.3 Å². The molecule has 0 radical (unpaired) electrons. The molecule has 0 bridgehead atoms. The van der Waals surface area contributed by atoms with Gasteiger partial charge in [-0.3, -0.25) is 14.5 Å². The lowest BCUT2D eigenvalue weighted by atomic mass is 9.94. The van der Waals surface area contributed by atoms with Crippen molar-refractivity contribution in [2.45, 2.75) is 58.9 Å². The van der Waals surface area contributed by atoms with Crippen molar-refractivity contribution in [3.8, 4) is 0 Å². The first-order chi connectivity index (χ1) is 11.0. The van der Waals surface area contributed by atoms with Gasteiger partial charge in [0, 0.05) is 38.5 Å². The molecule has 0 aliphatic carbocycles. The number of hydrogen-bond donors (Lipinski definition) is 1. The summed E-state index contributed by atoms with van der Waals surface area (Å²) in [4.78, 5) is 28.0. The molecule has 0 aromatic carbocycles. The first-order valence-electron chi connectivity index (χ1n) is 9.26. The number of likely N-dealkylation sites (tertiary alicyclic amines) is 2. The second-order valence-electron chi connectivity index (χ2n) is 7.57. The Bertz CT molecular complexity index is 403. The first kappa shape index (κ1) is 18.2. The fraction of sp³-hybridized carbons (Fsp3) is 0.889. The maximum atomic E-state index is 12.1. The molecule has 2 aliphatic heterocycles. The molecule has 2 rings (SSSR count). The van der Waals surface area contributed by atoms with Crippen molar-refractivity contribution in [2.24, 2.45) is 11.8 Å². The molecule has 23 heavy (non-hydrogen) atoms. The molecule has 2 fully saturated rings. The van der Waals surface area contributed by atoms with Crippen molar-refractivity contribution in [1.82, 2.24) is 15.1 Å². The van der Waals surface area contributed by atoms with E-state index in [2.05, 4.69) is 31.0 Å². The number of nitrogens with one attached hydrogen (secondary N) is 1. The highest BCUT2D eigenvalue weighted by Gasteiger charge is 2.26. The largest absolute Gasteiger partial charge is 0.354 e. The lowest BCUT2D eigenvalue weighted by Crippen LogP contribution is -2.49. The summed E-state index contributed by atoms with van der Waals surface area (Å²) < 4.78 is 0. The van der Waals surface area contributed by atoms with E-state index in [9.17, 15) is 9.59 Å². The molecule has 1 unspecified atom stereocenters. The minimum absolute atomic E-state index is 0.0701. The highest BCUT2D eigenvalue weighted by atomic mass is 16.2. The molecule has 1 atom stereocenters. The molecule has 0 aromatic heterocycles. The van der Waals surface area contributed by atoms with Crippen molar-refractivity contribution < 1.29 is 9.59 Å². The predicted molar refractivity (Wildman–Crippen MR) is 92.0 cm³/mol. The minimum Gasteiger partial charge on any atom is -0.354 e. The molecule has 0 spiro atoms. The Hall–Kier alpha value is -1.10. The smallest absolute Gasteiger partial charge is 0.222 e. The topological polar surface area (TPSA) is 52.7 Å². The first-order valence-corrected chi connectivity index (χ1v) is 9.26. The summed E-state index contributed by atoms with van der Waals surface area (Å²) in [5.41, 5.74) is 0. The van der Waals surface area contributed by atoms with Crippen LogP contribution in [0.25, 0.3) is 0 Å². The van der Waals surface area contributed by atoms with Gasteiger partial charge in [0.1, 0.15) is 0 Å². The average Bonchev–Trinajstić information content (AvgIpc) is 2.92. The SMILES string of the molecule is CC1CCN(C(CNC(=O)CCN2CCCC2=O)C(C)C)CC1. The van der Waals surface area contributed by atoms with E-state index in [1.807, 2.05) is 4.90 Å². The summed E-state index contributed by atoms with van der Waals surface area (Å²) in [6, 6.07) is 0.417. The van der Waals surface area contributed by atoms with Gasteiger partial charge >= 0.3 is 0 Å². The summed E-state index contributed by atoms with van der Waals surface area (Å²) in [5.74, 6) is 1.62. The van der Waals surface area contributed by atoms with Gasteiger partial charge in [-0.2, -0.15) is 0 Å². The van der Waals surface area contributed by atoms with E-state index in [0.717, 1.165) is 38.5 Å². The second kappa shape index (κ2) is 8.67. The second-order valence-corrected chi connectivity index (χ2v) is 7.57. The van der Waals surface area contributed by atoms with Crippen LogP contribution in [0.5, 0.6) is 0 Å². The molecular formula is C18H33N3O2. The molecule has 2 heterocycles. The zero-order valence-electron chi connectivity index (χ0n) is 15.0. The van der Waals surface area contributed by atoms with Crippen molar-refractivity contribution in [3.05, 3.63) is 0 Å². The average molecular weight is 323 g/mol. The predicted octanol–water partition coefficient (Wildman–Crippen LogP) is 1.87. The third kappa shape index (κ3) is 5.48. The Balaban J connectivity index is 1.72. The van der Waals surface area contributed by atoms with E-state index in [1.165, 1.54) is 12.8 Å². The van der Waals surface area contributed by atoms with Gasteiger partial charge in [-0.15, -0.1) is 0 Å². The molecule has 2 amide bonds. The van der Waals surface area contributed by atoms with Gasteiger partial charge in [0.2, 0.25) is 11.8 Å². The van der Waals surface area contributed by atoms with Gasteiger partial charge in [0.05, 0.1) is 0 Å². The van der Waals surface area contributed by atoms with Crippen LogP contribution in [0.3, 0.4) is 0 Å². The highest BCUT2D eigenvalue weighted by Crippen LogP contribution is 2.21. The van der Waals surface area contributed by atoms with E-state index >= 15 is 0 Å². The summed E-state index contributed by atoms with van der Waals surface area (Å²) in [6.45, 7) is 11.2. The number of carbonyl (C=O) groups is 2. The Morgan fingerprint density at radius 3 is 2.52 bits per heavy atom. The maximum Gasteiger partial charge on any atom is 0.222 e. The Morgan fingerprint density at radius 2 is 1.96 bits per heavy atom. The Morgan fingerprint density at radius 1 is 1.26 bits per heavy atom. The van der Waals surface area contributed by atoms with Gasteiger partial charge < -0.3 is 10.2 Å². The number of rotatable bonds is 7. The molecule has 0 saturated carbocycles. The van der Waals surface area contributed by atoms with Gasteiger partial charge in [-0.25, -0.2) is 0 Å². The fourth-order valence-electron chi connectivity index (χ4n) is 3.63. The van der Waals surface area contributed by atoms with Crippen LogP contribution in [0.15, 0.2) is 0 Å². The van der Waals surface area contributed by atoms with E-state index < -0.39 is 0 Å². The standard InChI is InChI=1S/C18H33N3O2/c1-14(2)16(20-10-6-15(3)7-11-20)13-19-17(22)8-12-21-9-4-5-18(21)23/h14-16H,4-13H2,1-3H3,(H,19,22). The summed E-state index contributed by atoms with van der Waals surface area (Å²) in [6.07, 6.45) is 4.52. The van der Waals surface area contributed by atoms with Crippen LogP contribution in [0, 0.1) is 11.8 Å². The third-order valence-corrected chi connectivity index (χ3v) is 5.35. The monoisotopic (exact) mass is 323 g/mol. The van der Waals surface area contributed by atoms with Crippen LogP contribution < -0.4 is 5.32 Å². The van der Waals surface area contributed by atoms with Crippen LogP contribution in [0.4, 0.5) is 0 Å². The Kier molecular flexibility index (Phi) is 6.88. The van der Waals surface area contributed by atoms with Gasteiger partial charge in [0.25, 0.3) is 0 Å². The van der Waals surface area contributed by atoms with Gasteiger partial charge in [0.15, 0.2) is 0 Å². The zero-order chi connectivity index (χ0) is 16.8. The Labute approximate surface area is 140 Å². The molecular weight excluding hydrogens is 290 g/mol. The summed E-state index contributed by atoms with van der Waals surface area (Å²) in [5, 5.41) is 3.09. The van der Waals surface area contributed by atoms with Crippen LogP contribution in [0.2, 0.25) is 0 Å². The molecule has 5 nitrogen and oxygen atoms in total. The molecule has 5 heteroatoms. The van der Waals surface area contributed by atoms with Gasteiger partial charge in [-0.1, -0.05) is 20.8 Å². The van der Waals surface area contributed by atoms with E-state index in [1.54, 1.807) is 0 Å². The van der Waals surface area contributed by atoms with Crippen LogP contribution >= 0.6 is 0 Å². The van der Waals surface area contributed by atoms with Crippen molar-refractivity contribution in [3.63, 3.8) is 0 Å². The number of amides is 2. The highest BCUT2D eigenvalue weighted by molar-refractivity contribution is 5.80. The summed E-state index contributed by atoms with van der Waals surface area (Å²) in [7, 11) is 0. The summed E-state index contributed by atoms with van der Waals surface area (Å²) >= 11 is 0.